The Balaban J connectivity index is 4.05. The van der Waals surface area contributed by atoms with Crippen molar-refractivity contribution in [2.24, 2.45) is 5.73 Å². The topological polar surface area (TPSA) is 90.8 Å². The number of rotatable bonds is 2. The van der Waals surface area contributed by atoms with Crippen LogP contribution in [0.4, 0.5) is 0 Å². The number of nitrogens with two attached hydrogens (primary N) is 1. The molecule has 1 amide bonds. The van der Waals surface area contributed by atoms with Gasteiger partial charge in [0.25, 0.3) is 5.91 Å². The van der Waals surface area contributed by atoms with Gasteiger partial charge in [-0.05, 0) is 0 Å². The molecule has 0 saturated heterocycles. The Morgan fingerprint density at radius 1 is 1.50 bits per heavy atom. The van der Waals surface area contributed by atoms with Crippen molar-refractivity contribution in [2.75, 3.05) is 0 Å². The zero-order valence-corrected chi connectivity index (χ0v) is 4.62. The molecule has 0 rings (SSSR count). The van der Waals surface area contributed by atoms with Gasteiger partial charge in [0.1, 0.15) is 0 Å². The summed E-state index contributed by atoms with van der Waals surface area (Å²) in [5.74, 6) is -0.981. The first-order valence-electron chi connectivity index (χ1n) is 1.68. The van der Waals surface area contributed by atoms with E-state index in [2.05, 4.69) is 5.73 Å². The van der Waals surface area contributed by atoms with Gasteiger partial charge in [0, 0.05) is 0 Å². The van der Waals surface area contributed by atoms with E-state index in [0.717, 1.165) is 0 Å². The third kappa shape index (κ3) is 1.70. The number of hydrogen-bond acceptors (Lipinski definition) is 3. The first-order valence-corrected chi connectivity index (χ1v) is 2.06. The van der Waals surface area contributed by atoms with Crippen molar-refractivity contribution in [2.45, 2.75) is 0 Å². The van der Waals surface area contributed by atoms with Crippen LogP contribution in [-0.4, -0.2) is 16.8 Å². The third-order valence-electron chi connectivity index (χ3n) is 0.466. The molecule has 5 heteroatoms. The molecule has 0 aromatic heterocycles. The van der Waals surface area contributed by atoms with E-state index in [1.807, 2.05) is 0 Å². The molecule has 0 aliphatic heterocycles. The highest BCUT2D eigenvalue weighted by molar-refractivity contribution is 6.91. The van der Waals surface area contributed by atoms with Crippen LogP contribution in [0.3, 0.4) is 0 Å². The number of nitrogens with one attached hydrogen (secondary N) is 2. The van der Waals surface area contributed by atoms with Gasteiger partial charge >= 0.3 is 0 Å². The molecule has 0 spiro atoms. The smallest absolute Gasteiger partial charge is 0.269 e. The summed E-state index contributed by atoms with van der Waals surface area (Å²) in [5, 5.41) is 12.4. The molecule has 0 aliphatic rings. The fourth-order valence-electron chi connectivity index (χ4n) is 0.108. The van der Waals surface area contributed by atoms with Crippen molar-refractivity contribution in [3.05, 3.63) is 0 Å². The Morgan fingerprint density at radius 2 is 1.88 bits per heavy atom. The van der Waals surface area contributed by atoms with Gasteiger partial charge in [0.2, 0.25) is 0 Å². The standard InChI is InChI=1S/C3H4ClN3O/c4-2(6)1(5)3(7)8/h5-6H,(H2,7,8). The second kappa shape index (κ2) is 2.42. The molecule has 0 bridgehead atoms. The Labute approximate surface area is 50.6 Å². The average molecular weight is 134 g/mol. The zero-order valence-electron chi connectivity index (χ0n) is 3.86. The second-order valence-corrected chi connectivity index (χ2v) is 1.43. The number of carbonyl (C=O) groups is 1. The maximum atomic E-state index is 9.91. The number of hydrogen-bond donors (Lipinski definition) is 3. The largest absolute Gasteiger partial charge is 0.364 e. The van der Waals surface area contributed by atoms with Crippen molar-refractivity contribution in [1.82, 2.24) is 0 Å². The van der Waals surface area contributed by atoms with E-state index in [1.54, 1.807) is 0 Å². The van der Waals surface area contributed by atoms with Crippen LogP contribution in [-0.2, 0) is 4.79 Å². The number of halogens is 1. The van der Waals surface area contributed by atoms with Crippen molar-refractivity contribution in [1.29, 1.82) is 10.8 Å². The van der Waals surface area contributed by atoms with Gasteiger partial charge in [-0.1, -0.05) is 11.6 Å². The molecule has 0 aliphatic carbocycles. The first-order chi connectivity index (χ1) is 3.55. The summed E-state index contributed by atoms with van der Waals surface area (Å²) < 4.78 is 0. The fraction of sp³-hybridized carbons (Fsp3) is 0. The molecule has 44 valence electrons. The number of carbonyl (C=O) groups excluding carboxylic acids is 1. The summed E-state index contributed by atoms with van der Waals surface area (Å²) in [4.78, 5) is 9.91. The minimum absolute atomic E-state index is 0.627. The number of primary amides is 1. The van der Waals surface area contributed by atoms with E-state index < -0.39 is 16.8 Å². The predicted molar refractivity (Wildman–Crippen MR) is 30.5 cm³/mol. The van der Waals surface area contributed by atoms with E-state index in [4.69, 9.17) is 22.4 Å². The summed E-state index contributed by atoms with van der Waals surface area (Å²) in [6, 6.07) is 0. The second-order valence-electron chi connectivity index (χ2n) is 1.05. The normalized spacial score (nSPS) is 8.12. The lowest BCUT2D eigenvalue weighted by Crippen LogP contribution is -2.26. The monoisotopic (exact) mass is 133 g/mol. The highest BCUT2D eigenvalue weighted by Gasteiger charge is 2.06. The molecule has 8 heavy (non-hydrogen) atoms. The lowest BCUT2D eigenvalue weighted by Gasteiger charge is -1.87. The van der Waals surface area contributed by atoms with Crippen LogP contribution in [0, 0.1) is 10.8 Å². The summed E-state index contributed by atoms with van der Waals surface area (Å²) in [6.07, 6.45) is 0. The minimum Gasteiger partial charge on any atom is -0.364 e. The van der Waals surface area contributed by atoms with Crippen LogP contribution >= 0.6 is 11.6 Å². The predicted octanol–water partition coefficient (Wildman–Crippen LogP) is -0.292. The molecule has 0 aromatic carbocycles. The molecule has 0 radical (unpaired) electrons. The molecular weight excluding hydrogens is 130 g/mol. The summed E-state index contributed by atoms with van der Waals surface area (Å²) in [6.45, 7) is 0. The van der Waals surface area contributed by atoms with Crippen molar-refractivity contribution in [3.8, 4) is 0 Å². The molecule has 0 fully saturated rings. The Bertz CT molecular complexity index is 137. The Hall–Kier alpha value is -0.900. The zero-order chi connectivity index (χ0) is 6.73. The van der Waals surface area contributed by atoms with Crippen LogP contribution in [0.1, 0.15) is 0 Å². The Morgan fingerprint density at radius 3 is 1.88 bits per heavy atom. The average Bonchev–Trinajstić information content (AvgIpc) is 1.64. The maximum Gasteiger partial charge on any atom is 0.269 e. The van der Waals surface area contributed by atoms with Gasteiger partial charge in [-0.15, -0.1) is 0 Å². The van der Waals surface area contributed by atoms with Gasteiger partial charge < -0.3 is 5.73 Å². The molecule has 4 nitrogen and oxygen atoms in total. The molecule has 0 unspecified atom stereocenters. The van der Waals surface area contributed by atoms with Crippen molar-refractivity contribution >= 4 is 28.4 Å². The molecule has 0 saturated carbocycles. The number of amides is 1. The molecular formula is C3H4ClN3O. The van der Waals surface area contributed by atoms with Gasteiger partial charge in [-0.3, -0.25) is 15.6 Å². The lowest BCUT2D eigenvalue weighted by molar-refractivity contribution is -0.111. The molecule has 4 N–H and O–H groups in total. The van der Waals surface area contributed by atoms with Crippen LogP contribution in [0.15, 0.2) is 0 Å². The molecule has 0 heterocycles. The van der Waals surface area contributed by atoms with Gasteiger partial charge in [0.15, 0.2) is 10.9 Å². The van der Waals surface area contributed by atoms with Crippen LogP contribution < -0.4 is 5.73 Å². The molecule has 0 atom stereocenters. The third-order valence-corrected chi connectivity index (χ3v) is 0.655. The van der Waals surface area contributed by atoms with E-state index in [9.17, 15) is 4.79 Å². The summed E-state index contributed by atoms with van der Waals surface area (Å²) >= 11 is 4.88. The van der Waals surface area contributed by atoms with E-state index in [0.29, 0.717) is 0 Å². The van der Waals surface area contributed by atoms with E-state index >= 15 is 0 Å². The Kier molecular flexibility index (Phi) is 2.15. The highest BCUT2D eigenvalue weighted by Crippen LogP contribution is 1.81. The van der Waals surface area contributed by atoms with Crippen molar-refractivity contribution in [3.63, 3.8) is 0 Å². The quantitative estimate of drug-likeness (QED) is 0.444. The maximum absolute atomic E-state index is 9.91. The van der Waals surface area contributed by atoms with Crippen molar-refractivity contribution < 1.29 is 4.79 Å². The van der Waals surface area contributed by atoms with Crippen LogP contribution in [0.5, 0.6) is 0 Å². The van der Waals surface area contributed by atoms with Gasteiger partial charge in [-0.25, -0.2) is 0 Å². The van der Waals surface area contributed by atoms with Gasteiger partial charge in [-0.2, -0.15) is 0 Å². The lowest BCUT2D eigenvalue weighted by atomic mass is 10.4. The van der Waals surface area contributed by atoms with Crippen LogP contribution in [0.25, 0.3) is 0 Å². The summed E-state index contributed by atoms with van der Waals surface area (Å²) in [7, 11) is 0. The van der Waals surface area contributed by atoms with Crippen LogP contribution in [0.2, 0.25) is 0 Å². The fourth-order valence-corrected chi connectivity index (χ4v) is 0.201. The first kappa shape index (κ1) is 7.10. The van der Waals surface area contributed by atoms with E-state index in [1.165, 1.54) is 0 Å². The minimum atomic E-state index is -0.981. The van der Waals surface area contributed by atoms with Gasteiger partial charge in [0.05, 0.1) is 0 Å². The SMILES string of the molecule is N=C(Cl)C(=N)C(N)=O. The molecule has 0 aromatic rings. The highest BCUT2D eigenvalue weighted by atomic mass is 35.5. The summed E-state index contributed by atoms with van der Waals surface area (Å²) in [5.41, 5.74) is 3.89. The van der Waals surface area contributed by atoms with E-state index in [-0.39, 0.29) is 0 Å².